The van der Waals surface area contributed by atoms with Crippen LogP contribution < -0.4 is 5.32 Å². The number of nitrogens with zero attached hydrogens (tertiary/aromatic N) is 2. The maximum absolute atomic E-state index is 4.30. The van der Waals surface area contributed by atoms with E-state index in [0.29, 0.717) is 0 Å². The Morgan fingerprint density at radius 3 is 2.10 bits per heavy atom. The minimum Gasteiger partial charge on any atom is -0.316 e. The summed E-state index contributed by atoms with van der Waals surface area (Å²) in [6.07, 6.45) is 12.9. The van der Waals surface area contributed by atoms with Crippen LogP contribution in [0.2, 0.25) is 0 Å². The Labute approximate surface area is 128 Å². The second-order valence-corrected chi connectivity index (χ2v) is 6.61. The summed E-state index contributed by atoms with van der Waals surface area (Å²) in [4.78, 5) is 0. The molecule has 0 unspecified atom stereocenters. The van der Waals surface area contributed by atoms with Crippen LogP contribution in [-0.4, -0.2) is 23.3 Å². The van der Waals surface area contributed by atoms with Gasteiger partial charge in [-0.05, 0) is 19.4 Å². The predicted molar refractivity (Wildman–Crippen MR) is 88.5 cm³/mol. The van der Waals surface area contributed by atoms with E-state index >= 15 is 0 Å². The lowest BCUT2D eigenvalue weighted by Gasteiger charge is -1.99. The third kappa shape index (κ3) is 8.64. The quantitative estimate of drug-likeness (QED) is 0.549. The second-order valence-electron chi connectivity index (χ2n) is 5.46. The Hall–Kier alpha value is -0.480. The fourth-order valence-electron chi connectivity index (χ4n) is 2.22. The van der Waals surface area contributed by atoms with Crippen molar-refractivity contribution in [1.29, 1.82) is 0 Å². The van der Waals surface area contributed by atoms with Gasteiger partial charge < -0.3 is 5.32 Å². The zero-order chi connectivity index (χ0) is 14.5. The lowest BCUT2D eigenvalue weighted by Crippen LogP contribution is -2.17. The molecule has 20 heavy (non-hydrogen) atoms. The summed E-state index contributed by atoms with van der Waals surface area (Å²) in [7, 11) is 0. The minimum absolute atomic E-state index is 1.02. The van der Waals surface area contributed by atoms with E-state index in [-0.39, 0.29) is 0 Å². The van der Waals surface area contributed by atoms with E-state index in [9.17, 15) is 0 Å². The molecule has 1 rings (SSSR count). The van der Waals surface area contributed by atoms with E-state index < -0.39 is 0 Å². The summed E-state index contributed by atoms with van der Waals surface area (Å²) in [6, 6.07) is 0. The largest absolute Gasteiger partial charge is 0.316 e. The molecule has 0 aliphatic carbocycles. The first-order valence-corrected chi connectivity index (χ1v) is 9.20. The van der Waals surface area contributed by atoms with Crippen LogP contribution in [0.15, 0.2) is 0 Å². The molecule has 1 heterocycles. The fraction of sp³-hybridized carbons (Fsp3) is 0.875. The smallest absolute Gasteiger partial charge is 0.118 e. The Bertz CT molecular complexity index is 325. The summed E-state index contributed by atoms with van der Waals surface area (Å²) in [5.74, 6) is 0. The Morgan fingerprint density at radius 2 is 1.40 bits per heavy atom. The average molecular weight is 298 g/mol. The molecule has 0 amide bonds. The van der Waals surface area contributed by atoms with E-state index in [4.69, 9.17) is 0 Å². The summed E-state index contributed by atoms with van der Waals surface area (Å²) < 4.78 is 0. The highest BCUT2D eigenvalue weighted by Gasteiger charge is 2.03. The molecule has 0 aromatic carbocycles. The predicted octanol–water partition coefficient (Wildman–Crippen LogP) is 4.37. The molecule has 116 valence electrons. The molecule has 0 saturated carbocycles. The number of hydrogen-bond acceptors (Lipinski definition) is 4. The van der Waals surface area contributed by atoms with E-state index in [1.807, 2.05) is 0 Å². The fourth-order valence-corrected chi connectivity index (χ4v) is 3.11. The van der Waals surface area contributed by atoms with Crippen LogP contribution in [-0.2, 0) is 12.8 Å². The van der Waals surface area contributed by atoms with Gasteiger partial charge in [-0.1, -0.05) is 52.4 Å². The third-order valence-corrected chi connectivity index (χ3v) is 4.49. The molecule has 1 aromatic rings. The molecule has 0 bridgehead atoms. The highest BCUT2D eigenvalue weighted by Crippen LogP contribution is 2.14. The highest BCUT2D eigenvalue weighted by atomic mass is 32.1. The standard InChI is InChI=1S/C16H31N3S/c1-3-5-6-7-8-9-10-11-15-18-19-16(20-15)12-14-17-13-4-2/h17H,3-14H2,1-2H3. The van der Waals surface area contributed by atoms with Crippen molar-refractivity contribution in [3.8, 4) is 0 Å². The molecule has 1 N–H and O–H groups in total. The Kier molecular flexibility index (Phi) is 10.8. The molecule has 0 atom stereocenters. The van der Waals surface area contributed by atoms with Crippen LogP contribution >= 0.6 is 11.3 Å². The molecule has 1 aromatic heterocycles. The van der Waals surface area contributed by atoms with Crippen molar-refractivity contribution in [3.63, 3.8) is 0 Å². The number of nitrogens with one attached hydrogen (secondary N) is 1. The van der Waals surface area contributed by atoms with Crippen molar-refractivity contribution in [2.45, 2.75) is 78.1 Å². The van der Waals surface area contributed by atoms with Gasteiger partial charge in [0.25, 0.3) is 0 Å². The second kappa shape index (κ2) is 12.3. The average Bonchev–Trinajstić information content (AvgIpc) is 2.90. The zero-order valence-corrected chi connectivity index (χ0v) is 14.1. The Balaban J connectivity index is 2.02. The van der Waals surface area contributed by atoms with Crippen molar-refractivity contribution in [2.24, 2.45) is 0 Å². The van der Waals surface area contributed by atoms with Crippen LogP contribution in [0.5, 0.6) is 0 Å². The maximum Gasteiger partial charge on any atom is 0.118 e. The van der Waals surface area contributed by atoms with Gasteiger partial charge in [-0.2, -0.15) is 0 Å². The third-order valence-electron chi connectivity index (χ3n) is 3.45. The van der Waals surface area contributed by atoms with E-state index in [2.05, 4.69) is 29.4 Å². The van der Waals surface area contributed by atoms with Gasteiger partial charge in [-0.15, -0.1) is 21.5 Å². The van der Waals surface area contributed by atoms with Crippen LogP contribution in [0, 0.1) is 0 Å². The van der Waals surface area contributed by atoms with Crippen LogP contribution in [0.3, 0.4) is 0 Å². The highest BCUT2D eigenvalue weighted by molar-refractivity contribution is 7.11. The van der Waals surface area contributed by atoms with Crippen molar-refractivity contribution < 1.29 is 0 Å². The van der Waals surface area contributed by atoms with Crippen LogP contribution in [0.25, 0.3) is 0 Å². The molecular formula is C16H31N3S. The molecule has 0 aliphatic rings. The Morgan fingerprint density at radius 1 is 0.750 bits per heavy atom. The van der Waals surface area contributed by atoms with Crippen molar-refractivity contribution in [2.75, 3.05) is 13.1 Å². The van der Waals surface area contributed by atoms with E-state index in [1.165, 1.54) is 61.4 Å². The number of unbranched alkanes of at least 4 members (excludes halogenated alkanes) is 6. The number of aromatic nitrogens is 2. The summed E-state index contributed by atoms with van der Waals surface area (Å²) >= 11 is 1.80. The number of rotatable bonds is 13. The van der Waals surface area contributed by atoms with E-state index in [1.54, 1.807) is 11.3 Å². The molecule has 4 heteroatoms. The van der Waals surface area contributed by atoms with Gasteiger partial charge in [-0.3, -0.25) is 0 Å². The molecule has 3 nitrogen and oxygen atoms in total. The van der Waals surface area contributed by atoms with Crippen molar-refractivity contribution in [3.05, 3.63) is 10.0 Å². The molecule has 0 aliphatic heterocycles. The number of aryl methyl sites for hydroxylation is 1. The van der Waals surface area contributed by atoms with Gasteiger partial charge in [0.1, 0.15) is 10.0 Å². The topological polar surface area (TPSA) is 37.8 Å². The summed E-state index contributed by atoms with van der Waals surface area (Å²) in [5.41, 5.74) is 0. The molecule has 0 spiro atoms. The van der Waals surface area contributed by atoms with Crippen LogP contribution in [0.1, 0.15) is 75.2 Å². The molecule has 0 saturated heterocycles. The number of hydrogen-bond donors (Lipinski definition) is 1. The zero-order valence-electron chi connectivity index (χ0n) is 13.3. The normalized spacial score (nSPS) is 11.1. The lowest BCUT2D eigenvalue weighted by atomic mass is 10.1. The summed E-state index contributed by atoms with van der Waals surface area (Å²) in [6.45, 7) is 6.59. The van der Waals surface area contributed by atoms with E-state index in [0.717, 1.165) is 25.9 Å². The molecule has 0 fully saturated rings. The lowest BCUT2D eigenvalue weighted by molar-refractivity contribution is 0.588. The minimum atomic E-state index is 1.02. The van der Waals surface area contributed by atoms with Crippen LogP contribution in [0.4, 0.5) is 0 Å². The first-order valence-electron chi connectivity index (χ1n) is 8.38. The van der Waals surface area contributed by atoms with Crippen molar-refractivity contribution >= 4 is 11.3 Å². The van der Waals surface area contributed by atoms with Gasteiger partial charge in [0.05, 0.1) is 0 Å². The van der Waals surface area contributed by atoms with Crippen molar-refractivity contribution in [1.82, 2.24) is 15.5 Å². The van der Waals surface area contributed by atoms with Gasteiger partial charge in [0.2, 0.25) is 0 Å². The SMILES string of the molecule is CCCCCCCCCc1nnc(CCNCCC)s1. The van der Waals surface area contributed by atoms with Gasteiger partial charge in [-0.25, -0.2) is 0 Å². The van der Waals surface area contributed by atoms with Gasteiger partial charge >= 0.3 is 0 Å². The molecular weight excluding hydrogens is 266 g/mol. The first-order chi connectivity index (χ1) is 9.86. The van der Waals surface area contributed by atoms with Gasteiger partial charge in [0, 0.05) is 19.4 Å². The van der Waals surface area contributed by atoms with Gasteiger partial charge in [0.15, 0.2) is 0 Å². The summed E-state index contributed by atoms with van der Waals surface area (Å²) in [5, 5.41) is 14.4. The first kappa shape index (κ1) is 17.6. The molecule has 0 radical (unpaired) electrons. The maximum atomic E-state index is 4.30. The monoisotopic (exact) mass is 297 g/mol.